The van der Waals surface area contributed by atoms with Crippen molar-refractivity contribution in [2.75, 3.05) is 26.0 Å². The Hall–Kier alpha value is -1.86. The van der Waals surface area contributed by atoms with Gasteiger partial charge >= 0.3 is 0 Å². The van der Waals surface area contributed by atoms with E-state index in [0.717, 1.165) is 13.1 Å². The van der Waals surface area contributed by atoms with Gasteiger partial charge in [0.15, 0.2) is 5.69 Å². The van der Waals surface area contributed by atoms with Gasteiger partial charge in [-0.1, -0.05) is 11.6 Å². The summed E-state index contributed by atoms with van der Waals surface area (Å²) in [5.74, 6) is -0.345. The minimum absolute atomic E-state index is 0.204. The lowest BCUT2D eigenvalue weighted by Gasteiger charge is -2.08. The van der Waals surface area contributed by atoms with E-state index in [2.05, 4.69) is 20.4 Å². The Morgan fingerprint density at radius 3 is 2.80 bits per heavy atom. The molecule has 2 heterocycles. The van der Waals surface area contributed by atoms with Crippen molar-refractivity contribution in [1.29, 1.82) is 0 Å². The molecular weight excluding hydrogens is 280 g/mol. The maximum Gasteiger partial charge on any atom is 0.277 e. The van der Waals surface area contributed by atoms with Gasteiger partial charge in [0.25, 0.3) is 5.91 Å². The van der Waals surface area contributed by atoms with Gasteiger partial charge in [-0.3, -0.25) is 14.2 Å². The fourth-order valence-corrected chi connectivity index (χ4v) is 1.92. The molecule has 0 spiro atoms. The summed E-state index contributed by atoms with van der Waals surface area (Å²) in [5, 5.41) is 11.2. The first kappa shape index (κ1) is 14.5. The number of aromatic nitrogens is 4. The number of hydrogen-bond acceptors (Lipinski definition) is 4. The first-order chi connectivity index (χ1) is 9.45. The number of rotatable bonds is 5. The molecule has 1 N–H and O–H groups in total. The van der Waals surface area contributed by atoms with E-state index in [0.29, 0.717) is 10.7 Å². The largest absolute Gasteiger partial charge is 0.318 e. The van der Waals surface area contributed by atoms with Crippen molar-refractivity contribution in [2.45, 2.75) is 6.54 Å². The normalized spacial score (nSPS) is 11.1. The van der Waals surface area contributed by atoms with Gasteiger partial charge in [0.2, 0.25) is 0 Å². The van der Waals surface area contributed by atoms with E-state index in [1.807, 2.05) is 14.1 Å². The van der Waals surface area contributed by atoms with Crippen molar-refractivity contribution in [3.8, 4) is 0 Å². The number of nitrogens with one attached hydrogen (secondary N) is 1. The van der Waals surface area contributed by atoms with Crippen LogP contribution >= 0.6 is 11.6 Å². The molecule has 0 saturated carbocycles. The van der Waals surface area contributed by atoms with E-state index in [-0.39, 0.29) is 11.6 Å². The second-order valence-electron chi connectivity index (χ2n) is 4.75. The number of halogens is 1. The predicted molar refractivity (Wildman–Crippen MR) is 77.0 cm³/mol. The number of aryl methyl sites for hydroxylation is 1. The number of amides is 1. The molecule has 0 aliphatic rings. The summed E-state index contributed by atoms with van der Waals surface area (Å²) in [6, 6.07) is 0. The van der Waals surface area contributed by atoms with E-state index in [4.69, 9.17) is 11.6 Å². The van der Waals surface area contributed by atoms with E-state index >= 15 is 0 Å². The van der Waals surface area contributed by atoms with Crippen molar-refractivity contribution < 1.29 is 4.79 Å². The minimum atomic E-state index is -0.345. The molecule has 0 aliphatic carbocycles. The highest BCUT2D eigenvalue weighted by molar-refractivity contribution is 6.34. The molecule has 0 aromatic carbocycles. The Balaban J connectivity index is 2.00. The van der Waals surface area contributed by atoms with Crippen molar-refractivity contribution in [3.63, 3.8) is 0 Å². The third-order valence-corrected chi connectivity index (χ3v) is 2.94. The molecule has 2 rings (SSSR count). The lowest BCUT2D eigenvalue weighted by atomic mass is 10.4. The van der Waals surface area contributed by atoms with Crippen LogP contribution in [0, 0.1) is 0 Å². The van der Waals surface area contributed by atoms with Crippen molar-refractivity contribution in [2.24, 2.45) is 7.05 Å². The van der Waals surface area contributed by atoms with Crippen molar-refractivity contribution in [1.82, 2.24) is 24.5 Å². The van der Waals surface area contributed by atoms with E-state index in [1.165, 1.54) is 4.68 Å². The highest BCUT2D eigenvalue weighted by Crippen LogP contribution is 2.15. The van der Waals surface area contributed by atoms with Crippen LogP contribution in [-0.2, 0) is 13.6 Å². The quantitative estimate of drug-likeness (QED) is 0.896. The molecule has 0 radical (unpaired) electrons. The highest BCUT2D eigenvalue weighted by atomic mass is 35.5. The SMILES string of the molecule is CN(C)CCn1cc(NC(=O)c2nn(C)cc2Cl)cn1. The maximum atomic E-state index is 12.0. The second-order valence-corrected chi connectivity index (χ2v) is 5.16. The molecule has 0 atom stereocenters. The number of carbonyl (C=O) groups excluding carboxylic acids is 1. The zero-order chi connectivity index (χ0) is 14.7. The molecule has 0 saturated heterocycles. The fourth-order valence-electron chi connectivity index (χ4n) is 1.66. The molecule has 1 amide bonds. The zero-order valence-electron chi connectivity index (χ0n) is 11.7. The fraction of sp³-hybridized carbons (Fsp3) is 0.417. The standard InChI is InChI=1S/C12H17ClN6O/c1-17(2)4-5-19-7-9(6-14-19)15-12(20)11-10(13)8-18(3)16-11/h6-8H,4-5H2,1-3H3,(H,15,20). The Morgan fingerprint density at radius 2 is 2.20 bits per heavy atom. The average molecular weight is 297 g/mol. The lowest BCUT2D eigenvalue weighted by molar-refractivity contribution is 0.102. The van der Waals surface area contributed by atoms with Gasteiger partial charge in [0.05, 0.1) is 23.5 Å². The van der Waals surface area contributed by atoms with Crippen LogP contribution in [0.2, 0.25) is 5.02 Å². The third-order valence-electron chi connectivity index (χ3n) is 2.67. The summed E-state index contributed by atoms with van der Waals surface area (Å²) >= 11 is 5.93. The Labute approximate surface area is 122 Å². The van der Waals surface area contributed by atoms with Gasteiger partial charge in [0.1, 0.15) is 0 Å². The van der Waals surface area contributed by atoms with Crippen LogP contribution in [0.3, 0.4) is 0 Å². The van der Waals surface area contributed by atoms with Gasteiger partial charge in [-0.2, -0.15) is 10.2 Å². The van der Waals surface area contributed by atoms with Crippen molar-refractivity contribution in [3.05, 3.63) is 29.3 Å². The van der Waals surface area contributed by atoms with Crippen LogP contribution in [0.15, 0.2) is 18.6 Å². The maximum absolute atomic E-state index is 12.0. The Kier molecular flexibility index (Phi) is 4.41. The van der Waals surface area contributed by atoms with Gasteiger partial charge in [-0.25, -0.2) is 0 Å². The van der Waals surface area contributed by atoms with E-state index in [9.17, 15) is 4.79 Å². The summed E-state index contributed by atoms with van der Waals surface area (Å²) in [5.41, 5.74) is 0.825. The summed E-state index contributed by atoms with van der Waals surface area (Å²) in [4.78, 5) is 14.1. The first-order valence-electron chi connectivity index (χ1n) is 6.13. The van der Waals surface area contributed by atoms with E-state index < -0.39 is 0 Å². The molecule has 20 heavy (non-hydrogen) atoms. The monoisotopic (exact) mass is 296 g/mol. The second kappa shape index (κ2) is 6.06. The van der Waals surface area contributed by atoms with Gasteiger partial charge < -0.3 is 10.2 Å². The molecule has 108 valence electrons. The van der Waals surface area contributed by atoms with Crippen LogP contribution in [0.1, 0.15) is 10.5 Å². The molecule has 8 heteroatoms. The number of anilines is 1. The Bertz CT molecular complexity index is 603. The van der Waals surface area contributed by atoms with Crippen LogP contribution in [0.4, 0.5) is 5.69 Å². The van der Waals surface area contributed by atoms with E-state index in [1.54, 1.807) is 30.3 Å². The molecular formula is C12H17ClN6O. The highest BCUT2D eigenvalue weighted by Gasteiger charge is 2.15. The summed E-state index contributed by atoms with van der Waals surface area (Å²) in [6.07, 6.45) is 4.96. The zero-order valence-corrected chi connectivity index (χ0v) is 12.4. The molecule has 0 aliphatic heterocycles. The smallest absolute Gasteiger partial charge is 0.277 e. The number of likely N-dealkylation sites (N-methyl/N-ethyl adjacent to an activating group) is 1. The lowest BCUT2D eigenvalue weighted by Crippen LogP contribution is -2.18. The first-order valence-corrected chi connectivity index (χ1v) is 6.51. The number of carbonyl (C=O) groups is 1. The topological polar surface area (TPSA) is 68.0 Å². The van der Waals surface area contributed by atoms with Crippen LogP contribution in [0.25, 0.3) is 0 Å². The van der Waals surface area contributed by atoms with Gasteiger partial charge in [-0.15, -0.1) is 0 Å². The number of nitrogens with zero attached hydrogens (tertiary/aromatic N) is 5. The van der Waals surface area contributed by atoms with Crippen LogP contribution < -0.4 is 5.32 Å². The van der Waals surface area contributed by atoms with Crippen LogP contribution in [-0.4, -0.2) is 51.0 Å². The molecule has 7 nitrogen and oxygen atoms in total. The van der Waals surface area contributed by atoms with Crippen molar-refractivity contribution >= 4 is 23.2 Å². The summed E-state index contributed by atoms with van der Waals surface area (Å²) in [7, 11) is 5.70. The molecule has 0 fully saturated rings. The molecule has 2 aromatic rings. The minimum Gasteiger partial charge on any atom is -0.318 e. The number of hydrogen-bond donors (Lipinski definition) is 1. The molecule has 2 aromatic heterocycles. The Morgan fingerprint density at radius 1 is 1.45 bits per heavy atom. The predicted octanol–water partition coefficient (Wildman–Crippen LogP) is 1.08. The average Bonchev–Trinajstić information content (AvgIpc) is 2.93. The van der Waals surface area contributed by atoms with Gasteiger partial charge in [-0.05, 0) is 14.1 Å². The summed E-state index contributed by atoms with van der Waals surface area (Å²) in [6.45, 7) is 1.63. The summed E-state index contributed by atoms with van der Waals surface area (Å²) < 4.78 is 3.27. The van der Waals surface area contributed by atoms with Crippen LogP contribution in [0.5, 0.6) is 0 Å². The third kappa shape index (κ3) is 3.58. The molecule has 0 unspecified atom stereocenters. The molecule has 0 bridgehead atoms. The van der Waals surface area contributed by atoms with Gasteiger partial charge in [0, 0.05) is 26.0 Å².